The number of nitrogens with zero attached hydrogens (tertiary/aromatic N) is 1. The standard InChI is InChI=1S/C10H7BrFN/c1-6-2-3-7-9(13-6)5-4-8(11)10(7)12/h2-5H,1H3. The van der Waals surface area contributed by atoms with Crippen molar-refractivity contribution in [2.24, 2.45) is 0 Å². The zero-order valence-corrected chi connectivity index (χ0v) is 8.60. The normalized spacial score (nSPS) is 10.7. The summed E-state index contributed by atoms with van der Waals surface area (Å²) in [5.74, 6) is -0.245. The molecule has 0 amide bonds. The van der Waals surface area contributed by atoms with E-state index in [0.29, 0.717) is 15.4 Å². The van der Waals surface area contributed by atoms with Crippen LogP contribution in [0.5, 0.6) is 0 Å². The lowest BCUT2D eigenvalue weighted by Gasteiger charge is -2.01. The minimum Gasteiger partial charge on any atom is -0.253 e. The molecule has 0 unspecified atom stereocenters. The van der Waals surface area contributed by atoms with Gasteiger partial charge in [-0.05, 0) is 47.1 Å². The lowest BCUT2D eigenvalue weighted by Crippen LogP contribution is -1.86. The second kappa shape index (κ2) is 3.07. The molecule has 1 nitrogen and oxygen atoms in total. The van der Waals surface area contributed by atoms with E-state index in [1.165, 1.54) is 0 Å². The Kier molecular flexibility index (Phi) is 2.04. The number of hydrogen-bond donors (Lipinski definition) is 0. The second-order valence-electron chi connectivity index (χ2n) is 2.88. The molecule has 0 saturated carbocycles. The van der Waals surface area contributed by atoms with E-state index in [-0.39, 0.29) is 5.82 Å². The fraction of sp³-hybridized carbons (Fsp3) is 0.100. The van der Waals surface area contributed by atoms with Gasteiger partial charge >= 0.3 is 0 Å². The van der Waals surface area contributed by atoms with Crippen LogP contribution in [0.1, 0.15) is 5.69 Å². The Labute approximate surface area is 83.7 Å². The van der Waals surface area contributed by atoms with Crippen molar-refractivity contribution in [3.8, 4) is 0 Å². The molecular formula is C10H7BrFN. The number of aryl methyl sites for hydroxylation is 1. The Morgan fingerprint density at radius 2 is 2.00 bits per heavy atom. The number of rotatable bonds is 0. The van der Waals surface area contributed by atoms with E-state index in [9.17, 15) is 4.39 Å². The smallest absolute Gasteiger partial charge is 0.146 e. The van der Waals surface area contributed by atoms with Crippen molar-refractivity contribution < 1.29 is 4.39 Å². The van der Waals surface area contributed by atoms with Crippen LogP contribution in [0, 0.1) is 12.7 Å². The molecule has 3 heteroatoms. The number of fused-ring (bicyclic) bond motifs is 1. The molecule has 0 aliphatic heterocycles. The summed E-state index contributed by atoms with van der Waals surface area (Å²) in [4.78, 5) is 4.22. The van der Waals surface area contributed by atoms with Gasteiger partial charge in [-0.15, -0.1) is 0 Å². The minimum atomic E-state index is -0.245. The van der Waals surface area contributed by atoms with Crippen LogP contribution in [0.25, 0.3) is 10.9 Å². The van der Waals surface area contributed by atoms with E-state index in [1.54, 1.807) is 24.3 Å². The van der Waals surface area contributed by atoms with Gasteiger partial charge in [-0.1, -0.05) is 0 Å². The van der Waals surface area contributed by atoms with Gasteiger partial charge in [0.25, 0.3) is 0 Å². The van der Waals surface area contributed by atoms with Gasteiger partial charge in [-0.25, -0.2) is 4.39 Å². The van der Waals surface area contributed by atoms with Crippen LogP contribution in [-0.4, -0.2) is 4.98 Å². The Balaban J connectivity index is 2.87. The highest BCUT2D eigenvalue weighted by Gasteiger charge is 2.05. The Hall–Kier alpha value is -0.960. The molecule has 1 aromatic carbocycles. The summed E-state index contributed by atoms with van der Waals surface area (Å²) in [6.45, 7) is 1.89. The molecule has 0 aliphatic rings. The van der Waals surface area contributed by atoms with Gasteiger partial charge in [0.1, 0.15) is 5.82 Å². The first-order valence-corrected chi connectivity index (χ1v) is 4.69. The highest BCUT2D eigenvalue weighted by atomic mass is 79.9. The van der Waals surface area contributed by atoms with E-state index in [1.807, 2.05) is 6.92 Å². The van der Waals surface area contributed by atoms with E-state index in [4.69, 9.17) is 0 Å². The quantitative estimate of drug-likeness (QED) is 0.687. The summed E-state index contributed by atoms with van der Waals surface area (Å²) < 4.78 is 13.9. The van der Waals surface area contributed by atoms with E-state index >= 15 is 0 Å². The maximum absolute atomic E-state index is 13.4. The fourth-order valence-electron chi connectivity index (χ4n) is 1.24. The first kappa shape index (κ1) is 8.63. The van der Waals surface area contributed by atoms with Crippen LogP contribution >= 0.6 is 15.9 Å². The first-order chi connectivity index (χ1) is 6.18. The van der Waals surface area contributed by atoms with E-state index in [0.717, 1.165) is 5.69 Å². The molecule has 0 aliphatic carbocycles. The topological polar surface area (TPSA) is 12.9 Å². The summed E-state index contributed by atoms with van der Waals surface area (Å²) in [6, 6.07) is 7.02. The van der Waals surface area contributed by atoms with Crippen LogP contribution in [0.15, 0.2) is 28.7 Å². The van der Waals surface area contributed by atoms with Gasteiger partial charge in [-0.2, -0.15) is 0 Å². The second-order valence-corrected chi connectivity index (χ2v) is 3.74. The SMILES string of the molecule is Cc1ccc2c(F)c(Br)ccc2n1. The molecule has 2 aromatic rings. The van der Waals surface area contributed by atoms with Crippen molar-refractivity contribution in [3.63, 3.8) is 0 Å². The Morgan fingerprint density at radius 1 is 1.23 bits per heavy atom. The zero-order valence-electron chi connectivity index (χ0n) is 7.01. The Bertz CT molecular complexity index is 468. The molecule has 0 spiro atoms. The van der Waals surface area contributed by atoms with Crippen LogP contribution in [0.3, 0.4) is 0 Å². The van der Waals surface area contributed by atoms with Crippen molar-refractivity contribution in [2.45, 2.75) is 6.92 Å². The molecule has 13 heavy (non-hydrogen) atoms. The largest absolute Gasteiger partial charge is 0.253 e. The van der Waals surface area contributed by atoms with Crippen LogP contribution in [0.2, 0.25) is 0 Å². The number of benzene rings is 1. The third-order valence-electron chi connectivity index (χ3n) is 1.90. The molecule has 1 heterocycles. The van der Waals surface area contributed by atoms with Crippen LogP contribution in [0.4, 0.5) is 4.39 Å². The van der Waals surface area contributed by atoms with Crippen molar-refractivity contribution in [1.82, 2.24) is 4.98 Å². The fourth-order valence-corrected chi connectivity index (χ4v) is 1.59. The number of pyridine rings is 1. The van der Waals surface area contributed by atoms with Gasteiger partial charge in [0.2, 0.25) is 0 Å². The highest BCUT2D eigenvalue weighted by Crippen LogP contribution is 2.23. The number of aromatic nitrogens is 1. The molecule has 0 fully saturated rings. The van der Waals surface area contributed by atoms with Crippen molar-refractivity contribution in [3.05, 3.63) is 40.2 Å². The van der Waals surface area contributed by atoms with Crippen LogP contribution < -0.4 is 0 Å². The molecule has 1 aromatic heterocycles. The third kappa shape index (κ3) is 1.44. The Morgan fingerprint density at radius 3 is 2.77 bits per heavy atom. The van der Waals surface area contributed by atoms with Crippen molar-refractivity contribution >= 4 is 26.8 Å². The summed E-state index contributed by atoms with van der Waals surface area (Å²) >= 11 is 3.13. The molecule has 0 atom stereocenters. The molecule has 0 radical (unpaired) electrons. The molecule has 66 valence electrons. The van der Waals surface area contributed by atoms with Gasteiger partial charge in [0.05, 0.1) is 9.99 Å². The summed E-state index contributed by atoms with van der Waals surface area (Å²) in [6.07, 6.45) is 0. The van der Waals surface area contributed by atoms with Crippen LogP contribution in [-0.2, 0) is 0 Å². The van der Waals surface area contributed by atoms with Gasteiger partial charge in [0.15, 0.2) is 0 Å². The lowest BCUT2D eigenvalue weighted by atomic mass is 10.2. The summed E-state index contributed by atoms with van der Waals surface area (Å²) in [5, 5.41) is 0.556. The average Bonchev–Trinajstić information content (AvgIpc) is 2.12. The molecule has 0 saturated heterocycles. The molecule has 2 rings (SSSR count). The number of halogens is 2. The zero-order chi connectivity index (χ0) is 9.42. The summed E-state index contributed by atoms with van der Waals surface area (Å²) in [5.41, 5.74) is 1.59. The highest BCUT2D eigenvalue weighted by molar-refractivity contribution is 9.10. The lowest BCUT2D eigenvalue weighted by molar-refractivity contribution is 0.633. The monoisotopic (exact) mass is 239 g/mol. The van der Waals surface area contributed by atoms with Gasteiger partial charge in [0, 0.05) is 11.1 Å². The third-order valence-corrected chi connectivity index (χ3v) is 2.51. The minimum absolute atomic E-state index is 0.245. The van der Waals surface area contributed by atoms with E-state index < -0.39 is 0 Å². The first-order valence-electron chi connectivity index (χ1n) is 3.90. The number of hydrogen-bond acceptors (Lipinski definition) is 1. The van der Waals surface area contributed by atoms with Crippen molar-refractivity contribution in [2.75, 3.05) is 0 Å². The molecule has 0 bridgehead atoms. The van der Waals surface area contributed by atoms with E-state index in [2.05, 4.69) is 20.9 Å². The van der Waals surface area contributed by atoms with Gasteiger partial charge < -0.3 is 0 Å². The van der Waals surface area contributed by atoms with Crippen molar-refractivity contribution in [1.29, 1.82) is 0 Å². The summed E-state index contributed by atoms with van der Waals surface area (Å²) in [7, 11) is 0. The molecule has 0 N–H and O–H groups in total. The van der Waals surface area contributed by atoms with Gasteiger partial charge in [-0.3, -0.25) is 4.98 Å². The maximum atomic E-state index is 13.4. The molecular weight excluding hydrogens is 233 g/mol. The predicted octanol–water partition coefficient (Wildman–Crippen LogP) is 3.44. The average molecular weight is 240 g/mol. The maximum Gasteiger partial charge on any atom is 0.146 e. The predicted molar refractivity (Wildman–Crippen MR) is 54.1 cm³/mol.